The third kappa shape index (κ3) is 2.70. The molecule has 1 aromatic carbocycles. The van der Waals surface area contributed by atoms with Crippen LogP contribution in [0.15, 0.2) is 28.8 Å². The van der Waals surface area contributed by atoms with E-state index >= 15 is 0 Å². The molecule has 4 rings (SSSR count). The van der Waals surface area contributed by atoms with Crippen LogP contribution in [0.25, 0.3) is 11.0 Å². The predicted octanol–water partition coefficient (Wildman–Crippen LogP) is 1.61. The van der Waals surface area contributed by atoms with Gasteiger partial charge in [-0.25, -0.2) is 4.98 Å². The smallest absolute Gasteiger partial charge is 0.246 e. The number of nitrogens with zero attached hydrogens (tertiary/aromatic N) is 5. The number of imidazole rings is 1. The van der Waals surface area contributed by atoms with E-state index in [1.165, 1.54) is 0 Å². The minimum absolute atomic E-state index is 0.168. The van der Waals surface area contributed by atoms with Gasteiger partial charge in [-0.15, -0.1) is 0 Å². The highest BCUT2D eigenvalue weighted by Crippen LogP contribution is 2.20. The molecule has 3 aromatic rings. The summed E-state index contributed by atoms with van der Waals surface area (Å²) < 4.78 is 7.69. The molecule has 24 heavy (non-hydrogen) atoms. The van der Waals surface area contributed by atoms with E-state index in [2.05, 4.69) is 45.0 Å². The van der Waals surface area contributed by atoms with Crippen molar-refractivity contribution >= 4 is 11.0 Å². The predicted molar refractivity (Wildman–Crippen MR) is 90.8 cm³/mol. The lowest BCUT2D eigenvalue weighted by Crippen LogP contribution is -2.44. The average molecular weight is 326 g/mol. The molecule has 1 fully saturated rings. The second-order valence-electron chi connectivity index (χ2n) is 6.20. The Morgan fingerprint density at radius 2 is 2.17 bits per heavy atom. The lowest BCUT2D eigenvalue weighted by atomic mass is 10.2. The minimum atomic E-state index is 0.168. The van der Waals surface area contributed by atoms with Gasteiger partial charge in [0.25, 0.3) is 0 Å². The first-order chi connectivity index (χ1) is 11.8. The Bertz CT molecular complexity index is 839. The third-order valence-corrected chi connectivity index (χ3v) is 4.64. The van der Waals surface area contributed by atoms with E-state index < -0.39 is 0 Å². The Morgan fingerprint density at radius 1 is 1.29 bits per heavy atom. The summed E-state index contributed by atoms with van der Waals surface area (Å²) in [6.45, 7) is 5.50. The standard InChI is InChI=1S/C17H22N6O/c1-3-15-19-12-6-4-5-7-13(12)23(15)11-16-20-17(21-24-16)14-10-18-8-9-22(14)2/h4-7,14,18H,3,8-11H2,1-2H3. The number of aryl methyl sites for hydroxylation is 1. The SMILES string of the molecule is CCc1nc2ccccc2n1Cc1nc(C2CNCCN2C)no1. The Kier molecular flexibility index (Phi) is 4.03. The molecule has 0 radical (unpaired) electrons. The molecule has 7 heteroatoms. The van der Waals surface area contributed by atoms with Crippen molar-refractivity contribution in [3.8, 4) is 0 Å². The number of likely N-dealkylation sites (N-methyl/N-ethyl adjacent to an activating group) is 1. The molecule has 7 nitrogen and oxygen atoms in total. The van der Waals surface area contributed by atoms with Crippen LogP contribution in [0.3, 0.4) is 0 Å². The number of rotatable bonds is 4. The number of aromatic nitrogens is 4. The van der Waals surface area contributed by atoms with E-state index in [1.807, 2.05) is 18.2 Å². The van der Waals surface area contributed by atoms with E-state index in [9.17, 15) is 0 Å². The first-order valence-corrected chi connectivity index (χ1v) is 8.44. The number of benzene rings is 1. The zero-order valence-corrected chi connectivity index (χ0v) is 14.1. The fourth-order valence-electron chi connectivity index (χ4n) is 3.27. The van der Waals surface area contributed by atoms with Crippen LogP contribution >= 0.6 is 0 Å². The van der Waals surface area contributed by atoms with Crippen molar-refractivity contribution in [1.29, 1.82) is 0 Å². The summed E-state index contributed by atoms with van der Waals surface area (Å²) in [5, 5.41) is 7.59. The molecule has 1 aliphatic heterocycles. The quantitative estimate of drug-likeness (QED) is 0.785. The van der Waals surface area contributed by atoms with E-state index in [1.54, 1.807) is 0 Å². The molecule has 0 saturated carbocycles. The topological polar surface area (TPSA) is 72.0 Å². The summed E-state index contributed by atoms with van der Waals surface area (Å²) >= 11 is 0. The van der Waals surface area contributed by atoms with Crippen LogP contribution in [0.4, 0.5) is 0 Å². The molecular weight excluding hydrogens is 304 g/mol. The summed E-state index contributed by atoms with van der Waals surface area (Å²) in [7, 11) is 2.10. The molecule has 1 atom stereocenters. The number of nitrogens with one attached hydrogen (secondary N) is 1. The maximum Gasteiger partial charge on any atom is 0.246 e. The highest BCUT2D eigenvalue weighted by molar-refractivity contribution is 5.75. The van der Waals surface area contributed by atoms with Crippen LogP contribution in [0.2, 0.25) is 0 Å². The second kappa shape index (κ2) is 6.33. The van der Waals surface area contributed by atoms with Gasteiger partial charge in [-0.1, -0.05) is 24.2 Å². The molecule has 2 aromatic heterocycles. The number of hydrogen-bond donors (Lipinski definition) is 1. The van der Waals surface area contributed by atoms with E-state index in [0.717, 1.165) is 48.7 Å². The molecule has 1 saturated heterocycles. The van der Waals surface area contributed by atoms with Crippen molar-refractivity contribution in [3.05, 3.63) is 41.8 Å². The van der Waals surface area contributed by atoms with Crippen LogP contribution in [0, 0.1) is 0 Å². The van der Waals surface area contributed by atoms with Gasteiger partial charge in [0.1, 0.15) is 12.4 Å². The Labute approximate surface area is 140 Å². The lowest BCUT2D eigenvalue weighted by molar-refractivity contribution is 0.190. The van der Waals surface area contributed by atoms with Gasteiger partial charge < -0.3 is 14.4 Å². The molecular formula is C17H22N6O. The van der Waals surface area contributed by atoms with Crippen LogP contribution in [-0.4, -0.2) is 51.3 Å². The normalized spacial score (nSPS) is 19.2. The van der Waals surface area contributed by atoms with Crippen LogP contribution in [0.1, 0.15) is 30.5 Å². The Morgan fingerprint density at radius 3 is 3.00 bits per heavy atom. The highest BCUT2D eigenvalue weighted by Gasteiger charge is 2.25. The molecule has 0 aliphatic carbocycles. The van der Waals surface area contributed by atoms with Crippen molar-refractivity contribution in [2.45, 2.75) is 25.9 Å². The van der Waals surface area contributed by atoms with Gasteiger partial charge in [-0.05, 0) is 19.2 Å². The number of hydrogen-bond acceptors (Lipinski definition) is 6. The summed E-state index contributed by atoms with van der Waals surface area (Å²) in [5.41, 5.74) is 2.11. The van der Waals surface area contributed by atoms with Gasteiger partial charge in [0, 0.05) is 26.1 Å². The number of para-hydroxylation sites is 2. The van der Waals surface area contributed by atoms with Crippen molar-refractivity contribution in [2.75, 3.05) is 26.7 Å². The van der Waals surface area contributed by atoms with Crippen LogP contribution in [0.5, 0.6) is 0 Å². The first-order valence-electron chi connectivity index (χ1n) is 8.44. The monoisotopic (exact) mass is 326 g/mol. The van der Waals surface area contributed by atoms with E-state index in [-0.39, 0.29) is 6.04 Å². The summed E-state index contributed by atoms with van der Waals surface area (Å²) in [6.07, 6.45) is 0.866. The molecule has 126 valence electrons. The Hall–Kier alpha value is -2.25. The van der Waals surface area contributed by atoms with Crippen LogP contribution in [-0.2, 0) is 13.0 Å². The van der Waals surface area contributed by atoms with Gasteiger partial charge in [0.05, 0.1) is 17.1 Å². The van der Waals surface area contributed by atoms with Crippen molar-refractivity contribution in [3.63, 3.8) is 0 Å². The number of piperazine rings is 1. The van der Waals surface area contributed by atoms with Gasteiger partial charge in [-0.3, -0.25) is 4.90 Å². The molecule has 0 bridgehead atoms. The van der Waals surface area contributed by atoms with E-state index in [0.29, 0.717) is 12.4 Å². The first kappa shape index (κ1) is 15.3. The van der Waals surface area contributed by atoms with Gasteiger partial charge in [-0.2, -0.15) is 4.98 Å². The zero-order valence-electron chi connectivity index (χ0n) is 14.1. The lowest BCUT2D eigenvalue weighted by Gasteiger charge is -2.30. The largest absolute Gasteiger partial charge is 0.337 e. The Balaban J connectivity index is 1.62. The summed E-state index contributed by atoms with van der Waals surface area (Å²) in [6, 6.07) is 8.32. The highest BCUT2D eigenvalue weighted by atomic mass is 16.5. The number of fused-ring (bicyclic) bond motifs is 1. The second-order valence-corrected chi connectivity index (χ2v) is 6.20. The fraction of sp³-hybridized carbons (Fsp3) is 0.471. The van der Waals surface area contributed by atoms with Crippen molar-refractivity contribution in [2.24, 2.45) is 0 Å². The van der Waals surface area contributed by atoms with Gasteiger partial charge >= 0.3 is 0 Å². The molecule has 0 amide bonds. The molecule has 0 spiro atoms. The minimum Gasteiger partial charge on any atom is -0.337 e. The van der Waals surface area contributed by atoms with E-state index in [4.69, 9.17) is 9.51 Å². The van der Waals surface area contributed by atoms with Crippen molar-refractivity contribution < 1.29 is 4.52 Å². The van der Waals surface area contributed by atoms with Gasteiger partial charge in [0.15, 0.2) is 5.82 Å². The van der Waals surface area contributed by atoms with Crippen molar-refractivity contribution in [1.82, 2.24) is 29.9 Å². The molecule has 3 heterocycles. The maximum atomic E-state index is 5.52. The fourth-order valence-corrected chi connectivity index (χ4v) is 3.27. The molecule has 1 unspecified atom stereocenters. The van der Waals surface area contributed by atoms with Crippen LogP contribution < -0.4 is 5.32 Å². The average Bonchev–Trinajstić information content (AvgIpc) is 3.21. The molecule has 1 N–H and O–H groups in total. The summed E-state index contributed by atoms with van der Waals surface area (Å²) in [4.78, 5) is 11.6. The summed E-state index contributed by atoms with van der Waals surface area (Å²) in [5.74, 6) is 2.41. The maximum absolute atomic E-state index is 5.52. The van der Waals surface area contributed by atoms with Gasteiger partial charge in [0.2, 0.25) is 5.89 Å². The third-order valence-electron chi connectivity index (χ3n) is 4.64. The molecule has 1 aliphatic rings. The zero-order chi connectivity index (χ0) is 16.5.